The standard InChI is InChI=1S/C17H33N5O2.HI/c1-17(2,3)15(23)19-6-7-20-16(18-4)22-8-5-14(13-22)21-9-11-24-12-10-21;/h14H,5-13H2,1-4H3,(H,18,20)(H,19,23);1H. The number of morpholine rings is 1. The Morgan fingerprint density at radius 2 is 1.80 bits per heavy atom. The van der Waals surface area contributed by atoms with Crippen molar-refractivity contribution in [2.45, 2.75) is 33.2 Å². The molecule has 1 amide bonds. The maximum absolute atomic E-state index is 11.9. The van der Waals surface area contributed by atoms with Gasteiger partial charge < -0.3 is 20.3 Å². The molecular weight excluding hydrogens is 433 g/mol. The van der Waals surface area contributed by atoms with Crippen molar-refractivity contribution in [3.8, 4) is 0 Å². The lowest BCUT2D eigenvalue weighted by Crippen LogP contribution is -2.47. The molecule has 7 nitrogen and oxygen atoms in total. The van der Waals surface area contributed by atoms with Gasteiger partial charge in [0, 0.05) is 57.8 Å². The van der Waals surface area contributed by atoms with Gasteiger partial charge in [0.25, 0.3) is 0 Å². The van der Waals surface area contributed by atoms with Crippen LogP contribution < -0.4 is 10.6 Å². The van der Waals surface area contributed by atoms with Crippen molar-refractivity contribution < 1.29 is 9.53 Å². The van der Waals surface area contributed by atoms with Crippen LogP contribution in [0.2, 0.25) is 0 Å². The van der Waals surface area contributed by atoms with Crippen LogP contribution in [0.3, 0.4) is 0 Å². The number of aliphatic imine (C=N–C) groups is 1. The Bertz CT molecular complexity index is 447. The van der Waals surface area contributed by atoms with Gasteiger partial charge in [-0.15, -0.1) is 24.0 Å². The van der Waals surface area contributed by atoms with Gasteiger partial charge in [-0.05, 0) is 6.42 Å². The number of carbonyl (C=O) groups excluding carboxylic acids is 1. The summed E-state index contributed by atoms with van der Waals surface area (Å²) >= 11 is 0. The third-order valence-electron chi connectivity index (χ3n) is 4.61. The summed E-state index contributed by atoms with van der Waals surface area (Å²) in [6.07, 6.45) is 1.17. The van der Waals surface area contributed by atoms with E-state index in [2.05, 4.69) is 25.4 Å². The second kappa shape index (κ2) is 10.5. The van der Waals surface area contributed by atoms with Crippen LogP contribution in [0, 0.1) is 5.41 Å². The molecule has 8 heteroatoms. The molecule has 25 heavy (non-hydrogen) atoms. The molecule has 1 atom stereocenters. The summed E-state index contributed by atoms with van der Waals surface area (Å²) < 4.78 is 5.44. The van der Waals surface area contributed by atoms with Gasteiger partial charge in [0.05, 0.1) is 13.2 Å². The molecule has 0 aromatic rings. The van der Waals surface area contributed by atoms with Crippen molar-refractivity contribution in [1.82, 2.24) is 20.4 Å². The number of hydrogen-bond acceptors (Lipinski definition) is 4. The van der Waals surface area contributed by atoms with E-state index in [1.54, 1.807) is 0 Å². The van der Waals surface area contributed by atoms with Gasteiger partial charge in [0.15, 0.2) is 5.96 Å². The smallest absolute Gasteiger partial charge is 0.225 e. The first-order valence-corrected chi connectivity index (χ1v) is 8.97. The zero-order chi connectivity index (χ0) is 17.6. The van der Waals surface area contributed by atoms with Crippen molar-refractivity contribution in [3.05, 3.63) is 0 Å². The number of ether oxygens (including phenoxy) is 1. The van der Waals surface area contributed by atoms with Crippen molar-refractivity contribution in [2.24, 2.45) is 10.4 Å². The van der Waals surface area contributed by atoms with Crippen LogP contribution in [0.1, 0.15) is 27.2 Å². The molecule has 0 saturated carbocycles. The van der Waals surface area contributed by atoms with Crippen molar-refractivity contribution in [3.63, 3.8) is 0 Å². The third kappa shape index (κ3) is 6.90. The number of nitrogens with one attached hydrogen (secondary N) is 2. The van der Waals surface area contributed by atoms with E-state index < -0.39 is 0 Å². The summed E-state index contributed by atoms with van der Waals surface area (Å²) in [7, 11) is 1.82. The highest BCUT2D eigenvalue weighted by atomic mass is 127. The van der Waals surface area contributed by atoms with E-state index in [0.717, 1.165) is 45.4 Å². The Morgan fingerprint density at radius 1 is 1.16 bits per heavy atom. The average molecular weight is 467 g/mol. The Kier molecular flexibility index (Phi) is 9.44. The van der Waals surface area contributed by atoms with Crippen LogP contribution in [0.15, 0.2) is 4.99 Å². The summed E-state index contributed by atoms with van der Waals surface area (Å²) in [4.78, 5) is 21.1. The lowest BCUT2D eigenvalue weighted by Gasteiger charge is -2.32. The Morgan fingerprint density at radius 3 is 2.40 bits per heavy atom. The van der Waals surface area contributed by atoms with Crippen molar-refractivity contribution in [1.29, 1.82) is 0 Å². The van der Waals surface area contributed by atoms with Crippen LogP contribution in [-0.2, 0) is 9.53 Å². The fraction of sp³-hybridized carbons (Fsp3) is 0.882. The number of hydrogen-bond donors (Lipinski definition) is 2. The van der Waals surface area contributed by atoms with E-state index in [0.29, 0.717) is 19.1 Å². The van der Waals surface area contributed by atoms with Crippen molar-refractivity contribution in [2.75, 3.05) is 59.5 Å². The molecule has 0 aliphatic carbocycles. The number of amides is 1. The molecule has 2 N–H and O–H groups in total. The Balaban J connectivity index is 0.00000312. The summed E-state index contributed by atoms with van der Waals surface area (Å²) in [6, 6.07) is 0.591. The van der Waals surface area contributed by atoms with Crippen LogP contribution >= 0.6 is 24.0 Å². The second-order valence-corrected chi connectivity index (χ2v) is 7.52. The highest BCUT2D eigenvalue weighted by Gasteiger charge is 2.30. The molecule has 1 unspecified atom stereocenters. The second-order valence-electron chi connectivity index (χ2n) is 7.52. The van der Waals surface area contributed by atoms with E-state index in [1.807, 2.05) is 27.8 Å². The van der Waals surface area contributed by atoms with Gasteiger partial charge in [-0.1, -0.05) is 20.8 Å². The molecule has 0 radical (unpaired) electrons. The molecule has 2 saturated heterocycles. The molecular formula is C17H34IN5O2. The fourth-order valence-electron chi connectivity index (χ4n) is 3.12. The van der Waals surface area contributed by atoms with Gasteiger partial charge in [0.1, 0.15) is 0 Å². The molecule has 2 rings (SSSR count). The molecule has 2 aliphatic heterocycles. The zero-order valence-corrected chi connectivity index (χ0v) is 18.3. The van der Waals surface area contributed by atoms with E-state index >= 15 is 0 Å². The predicted octanol–water partition coefficient (Wildman–Crippen LogP) is 0.749. The summed E-state index contributed by atoms with van der Waals surface area (Å²) in [5.41, 5.74) is -0.345. The highest BCUT2D eigenvalue weighted by molar-refractivity contribution is 14.0. The molecule has 0 spiro atoms. The first kappa shape index (κ1) is 22.4. The first-order chi connectivity index (χ1) is 11.4. The summed E-state index contributed by atoms with van der Waals surface area (Å²) in [6.45, 7) is 12.8. The fourth-order valence-corrected chi connectivity index (χ4v) is 3.12. The Labute approximate surface area is 169 Å². The summed E-state index contributed by atoms with van der Waals surface area (Å²) in [5, 5.41) is 6.32. The monoisotopic (exact) mass is 467 g/mol. The SMILES string of the molecule is CN=C(NCCNC(=O)C(C)(C)C)N1CCC(N2CCOCC2)C1.I. The van der Waals surface area contributed by atoms with Gasteiger partial charge in [-0.25, -0.2) is 0 Å². The molecule has 0 aromatic heterocycles. The molecule has 0 bridgehead atoms. The number of likely N-dealkylation sites (tertiary alicyclic amines) is 1. The highest BCUT2D eigenvalue weighted by Crippen LogP contribution is 2.17. The minimum Gasteiger partial charge on any atom is -0.379 e. The van der Waals surface area contributed by atoms with Crippen LogP contribution in [0.4, 0.5) is 0 Å². The first-order valence-electron chi connectivity index (χ1n) is 8.97. The predicted molar refractivity (Wildman–Crippen MR) is 112 cm³/mol. The van der Waals surface area contributed by atoms with Crippen LogP contribution in [0.5, 0.6) is 0 Å². The zero-order valence-electron chi connectivity index (χ0n) is 16.0. The third-order valence-corrected chi connectivity index (χ3v) is 4.61. The minimum atomic E-state index is -0.345. The van der Waals surface area contributed by atoms with Crippen LogP contribution in [0.25, 0.3) is 0 Å². The molecule has 2 aliphatic rings. The lowest BCUT2D eigenvalue weighted by atomic mass is 9.96. The molecule has 146 valence electrons. The van der Waals surface area contributed by atoms with Gasteiger partial charge in [-0.3, -0.25) is 14.7 Å². The van der Waals surface area contributed by atoms with E-state index in [1.165, 1.54) is 6.42 Å². The lowest BCUT2D eigenvalue weighted by molar-refractivity contribution is -0.128. The van der Waals surface area contributed by atoms with E-state index in [4.69, 9.17) is 4.74 Å². The van der Waals surface area contributed by atoms with Gasteiger partial charge in [0.2, 0.25) is 5.91 Å². The van der Waals surface area contributed by atoms with Gasteiger partial charge in [-0.2, -0.15) is 0 Å². The number of halogens is 1. The van der Waals surface area contributed by atoms with Crippen LogP contribution in [-0.4, -0.2) is 87.2 Å². The maximum Gasteiger partial charge on any atom is 0.225 e. The maximum atomic E-state index is 11.9. The molecule has 0 aromatic carbocycles. The Hall–Kier alpha value is -0.610. The van der Waals surface area contributed by atoms with E-state index in [9.17, 15) is 4.79 Å². The van der Waals surface area contributed by atoms with Crippen molar-refractivity contribution >= 4 is 35.8 Å². The number of nitrogens with zero attached hydrogens (tertiary/aromatic N) is 3. The molecule has 2 heterocycles. The van der Waals surface area contributed by atoms with E-state index in [-0.39, 0.29) is 35.3 Å². The number of guanidine groups is 1. The minimum absolute atomic E-state index is 0. The molecule has 2 fully saturated rings. The normalized spacial score (nSPS) is 22.5. The number of rotatable bonds is 4. The van der Waals surface area contributed by atoms with Gasteiger partial charge >= 0.3 is 0 Å². The summed E-state index contributed by atoms with van der Waals surface area (Å²) in [5.74, 6) is 1.00. The largest absolute Gasteiger partial charge is 0.379 e. The topological polar surface area (TPSA) is 69.2 Å². The quantitative estimate of drug-likeness (QED) is 0.277. The average Bonchev–Trinajstić information content (AvgIpc) is 3.04. The number of carbonyl (C=O) groups is 1.